The SMILES string of the molecule is Cc1cc(=O)[nH]cc1C(=O)NCCC1CCCNC1.Cl. The molecule has 3 N–H and O–H groups in total. The van der Waals surface area contributed by atoms with Crippen molar-refractivity contribution in [3.05, 3.63) is 33.7 Å². The lowest BCUT2D eigenvalue weighted by Crippen LogP contribution is -2.33. The van der Waals surface area contributed by atoms with Crippen LogP contribution < -0.4 is 16.2 Å². The van der Waals surface area contributed by atoms with E-state index < -0.39 is 0 Å². The fraction of sp³-hybridized carbons (Fsp3) is 0.571. The fourth-order valence-electron chi connectivity index (χ4n) is 2.47. The summed E-state index contributed by atoms with van der Waals surface area (Å²) in [4.78, 5) is 25.6. The van der Waals surface area contributed by atoms with Crippen molar-refractivity contribution >= 4 is 18.3 Å². The van der Waals surface area contributed by atoms with Gasteiger partial charge in [0, 0.05) is 18.8 Å². The third-order valence-corrected chi connectivity index (χ3v) is 3.61. The van der Waals surface area contributed by atoms with E-state index >= 15 is 0 Å². The number of aromatic nitrogens is 1. The van der Waals surface area contributed by atoms with Crippen LogP contribution in [-0.4, -0.2) is 30.5 Å². The summed E-state index contributed by atoms with van der Waals surface area (Å²) in [6, 6.07) is 1.44. The normalized spacial score (nSPS) is 18.1. The Morgan fingerprint density at radius 1 is 1.50 bits per heavy atom. The van der Waals surface area contributed by atoms with Crippen LogP contribution in [0.4, 0.5) is 0 Å². The van der Waals surface area contributed by atoms with Gasteiger partial charge in [-0.05, 0) is 50.8 Å². The van der Waals surface area contributed by atoms with Gasteiger partial charge in [0.25, 0.3) is 5.91 Å². The van der Waals surface area contributed by atoms with Gasteiger partial charge in [0.2, 0.25) is 5.56 Å². The fourth-order valence-corrected chi connectivity index (χ4v) is 2.47. The van der Waals surface area contributed by atoms with Gasteiger partial charge in [0.15, 0.2) is 0 Å². The van der Waals surface area contributed by atoms with Crippen molar-refractivity contribution in [3.8, 4) is 0 Å². The molecule has 0 spiro atoms. The topological polar surface area (TPSA) is 74.0 Å². The van der Waals surface area contributed by atoms with Gasteiger partial charge in [-0.3, -0.25) is 9.59 Å². The molecule has 6 heteroatoms. The second-order valence-corrected chi connectivity index (χ2v) is 5.15. The maximum absolute atomic E-state index is 12.0. The first-order chi connectivity index (χ1) is 9.16. The van der Waals surface area contributed by atoms with Crippen molar-refractivity contribution < 1.29 is 4.79 Å². The lowest BCUT2D eigenvalue weighted by Gasteiger charge is -2.22. The molecule has 0 radical (unpaired) electrons. The number of hydrogen-bond acceptors (Lipinski definition) is 3. The monoisotopic (exact) mass is 299 g/mol. The molecule has 2 rings (SSSR count). The Labute approximate surface area is 125 Å². The maximum atomic E-state index is 12.0. The van der Waals surface area contributed by atoms with E-state index in [1.807, 2.05) is 0 Å². The Balaban J connectivity index is 0.00000200. The number of carbonyl (C=O) groups is 1. The van der Waals surface area contributed by atoms with Gasteiger partial charge in [0.05, 0.1) is 5.56 Å². The molecule has 1 aromatic heterocycles. The van der Waals surface area contributed by atoms with Gasteiger partial charge in [0.1, 0.15) is 0 Å². The summed E-state index contributed by atoms with van der Waals surface area (Å²) in [5.41, 5.74) is 1.07. The number of aryl methyl sites for hydroxylation is 1. The van der Waals surface area contributed by atoms with Crippen LogP contribution in [0.3, 0.4) is 0 Å². The van der Waals surface area contributed by atoms with Gasteiger partial charge < -0.3 is 15.6 Å². The predicted octanol–water partition coefficient (Wildman–Crippen LogP) is 1.22. The molecule has 1 unspecified atom stereocenters. The Morgan fingerprint density at radius 3 is 2.95 bits per heavy atom. The van der Waals surface area contributed by atoms with Crippen LogP contribution in [0, 0.1) is 12.8 Å². The van der Waals surface area contributed by atoms with E-state index in [2.05, 4.69) is 15.6 Å². The smallest absolute Gasteiger partial charge is 0.253 e. The van der Waals surface area contributed by atoms with Crippen molar-refractivity contribution in [1.82, 2.24) is 15.6 Å². The quantitative estimate of drug-likeness (QED) is 0.783. The minimum atomic E-state index is -0.178. The number of H-pyrrole nitrogens is 1. The molecule has 20 heavy (non-hydrogen) atoms. The Morgan fingerprint density at radius 2 is 2.30 bits per heavy atom. The maximum Gasteiger partial charge on any atom is 0.253 e. The van der Waals surface area contributed by atoms with E-state index in [9.17, 15) is 9.59 Å². The summed E-state index contributed by atoms with van der Waals surface area (Å²) in [6.45, 7) is 4.62. The minimum absolute atomic E-state index is 0. The molecule has 1 aliphatic rings. The summed E-state index contributed by atoms with van der Waals surface area (Å²) in [5, 5.41) is 6.29. The van der Waals surface area contributed by atoms with Crippen LogP contribution >= 0.6 is 12.4 Å². The summed E-state index contributed by atoms with van der Waals surface area (Å²) >= 11 is 0. The van der Waals surface area contributed by atoms with E-state index in [0.29, 0.717) is 23.6 Å². The number of aromatic amines is 1. The van der Waals surface area contributed by atoms with E-state index in [4.69, 9.17) is 0 Å². The molecule has 1 aromatic rings. The van der Waals surface area contributed by atoms with Crippen LogP contribution in [0.25, 0.3) is 0 Å². The molecule has 2 heterocycles. The number of rotatable bonds is 4. The van der Waals surface area contributed by atoms with Gasteiger partial charge in [-0.2, -0.15) is 0 Å². The summed E-state index contributed by atoms with van der Waals surface area (Å²) in [6.07, 6.45) is 4.94. The summed E-state index contributed by atoms with van der Waals surface area (Å²) in [5.74, 6) is 0.545. The molecule has 1 atom stereocenters. The van der Waals surface area contributed by atoms with Gasteiger partial charge in [-0.1, -0.05) is 0 Å². The highest BCUT2D eigenvalue weighted by atomic mass is 35.5. The first-order valence-corrected chi connectivity index (χ1v) is 6.85. The van der Waals surface area contributed by atoms with E-state index in [1.54, 1.807) is 6.92 Å². The van der Waals surface area contributed by atoms with Gasteiger partial charge in [-0.25, -0.2) is 0 Å². The third kappa shape index (κ3) is 4.65. The zero-order valence-electron chi connectivity index (χ0n) is 11.7. The molecular weight excluding hydrogens is 278 g/mol. The van der Waals surface area contributed by atoms with Crippen molar-refractivity contribution in [2.24, 2.45) is 5.92 Å². The average molecular weight is 300 g/mol. The molecule has 0 bridgehead atoms. The van der Waals surface area contributed by atoms with E-state index in [-0.39, 0.29) is 23.9 Å². The first-order valence-electron chi connectivity index (χ1n) is 6.85. The molecule has 1 aliphatic heterocycles. The number of amides is 1. The highest BCUT2D eigenvalue weighted by Crippen LogP contribution is 2.13. The summed E-state index contributed by atoms with van der Waals surface area (Å²) < 4.78 is 0. The van der Waals surface area contributed by atoms with Crippen LogP contribution in [0.5, 0.6) is 0 Å². The number of piperidine rings is 1. The predicted molar refractivity (Wildman–Crippen MR) is 81.6 cm³/mol. The lowest BCUT2D eigenvalue weighted by molar-refractivity contribution is 0.0949. The lowest BCUT2D eigenvalue weighted by atomic mass is 9.96. The van der Waals surface area contributed by atoms with Crippen LogP contribution in [0.1, 0.15) is 35.2 Å². The zero-order valence-corrected chi connectivity index (χ0v) is 12.5. The molecule has 0 saturated carbocycles. The largest absolute Gasteiger partial charge is 0.352 e. The molecule has 1 amide bonds. The van der Waals surface area contributed by atoms with Crippen molar-refractivity contribution in [1.29, 1.82) is 0 Å². The second kappa shape index (κ2) is 8.07. The molecule has 0 aromatic carbocycles. The molecule has 0 aliphatic carbocycles. The van der Waals surface area contributed by atoms with Crippen molar-refractivity contribution in [2.45, 2.75) is 26.2 Å². The standard InChI is InChI=1S/C14H21N3O2.ClH/c1-10-7-13(18)17-9-12(10)14(19)16-6-4-11-3-2-5-15-8-11;/h7,9,11,15H,2-6,8H2,1H3,(H,16,19)(H,17,18);1H. The van der Waals surface area contributed by atoms with Crippen LogP contribution in [-0.2, 0) is 0 Å². The van der Waals surface area contributed by atoms with Crippen LogP contribution in [0.2, 0.25) is 0 Å². The van der Waals surface area contributed by atoms with Crippen LogP contribution in [0.15, 0.2) is 17.1 Å². The first kappa shape index (κ1) is 16.7. The second-order valence-electron chi connectivity index (χ2n) is 5.15. The van der Waals surface area contributed by atoms with Gasteiger partial charge >= 0.3 is 0 Å². The number of halogens is 1. The van der Waals surface area contributed by atoms with E-state index in [1.165, 1.54) is 25.1 Å². The number of hydrogen-bond donors (Lipinski definition) is 3. The number of carbonyl (C=O) groups excluding carboxylic acids is 1. The Bertz CT molecular complexity index is 495. The summed E-state index contributed by atoms with van der Waals surface area (Å²) in [7, 11) is 0. The zero-order chi connectivity index (χ0) is 13.7. The highest BCUT2D eigenvalue weighted by molar-refractivity contribution is 5.95. The number of nitrogens with one attached hydrogen (secondary N) is 3. The molecule has 112 valence electrons. The molecule has 1 saturated heterocycles. The average Bonchev–Trinajstić information content (AvgIpc) is 2.39. The number of pyridine rings is 1. The van der Waals surface area contributed by atoms with Gasteiger partial charge in [-0.15, -0.1) is 12.4 Å². The molecular formula is C14H22ClN3O2. The Kier molecular flexibility index (Phi) is 6.75. The highest BCUT2D eigenvalue weighted by Gasteiger charge is 2.14. The minimum Gasteiger partial charge on any atom is -0.352 e. The molecule has 1 fully saturated rings. The molecule has 5 nitrogen and oxygen atoms in total. The van der Waals surface area contributed by atoms with Crippen molar-refractivity contribution in [3.63, 3.8) is 0 Å². The third-order valence-electron chi connectivity index (χ3n) is 3.61. The van der Waals surface area contributed by atoms with E-state index in [0.717, 1.165) is 19.5 Å². The van der Waals surface area contributed by atoms with Crippen molar-refractivity contribution in [2.75, 3.05) is 19.6 Å². The Hall–Kier alpha value is -1.33.